The number of amides is 1. The van der Waals surface area contributed by atoms with E-state index in [0.29, 0.717) is 11.3 Å². The molecule has 0 aromatic carbocycles. The number of hydrogen-bond donors (Lipinski definition) is 3. The van der Waals surface area contributed by atoms with Gasteiger partial charge in [0.2, 0.25) is 0 Å². The number of hydrogen-bond acceptors (Lipinski definition) is 4. The standard InChI is InChI=1S/C20H22N2O4/c1-13-5-6-14(4-3-10-26-11-9-23)18-15(20(24)22-19(13)18)12-16-17(25-2)7-8-21-16/h5-8,12-13,19,21,23H,9-11H2,1-2H3,(H,22,24)/b15-12-. The Bertz CT molecular complexity index is 835. The van der Waals surface area contributed by atoms with Gasteiger partial charge in [-0.1, -0.05) is 24.8 Å². The number of aliphatic hydroxyl groups is 1. The highest BCUT2D eigenvalue weighted by Gasteiger charge is 2.38. The summed E-state index contributed by atoms with van der Waals surface area (Å²) in [5.74, 6) is 6.78. The number of carbonyl (C=O) groups excluding carboxylic acids is 1. The lowest BCUT2D eigenvalue weighted by molar-refractivity contribution is -0.116. The van der Waals surface area contributed by atoms with E-state index in [1.165, 1.54) is 0 Å². The van der Waals surface area contributed by atoms with Crippen LogP contribution in [0.5, 0.6) is 5.75 Å². The van der Waals surface area contributed by atoms with Crippen LogP contribution in [0.4, 0.5) is 0 Å². The predicted molar refractivity (Wildman–Crippen MR) is 98.3 cm³/mol. The van der Waals surface area contributed by atoms with Gasteiger partial charge >= 0.3 is 0 Å². The number of aromatic nitrogens is 1. The molecular weight excluding hydrogens is 332 g/mol. The van der Waals surface area contributed by atoms with E-state index < -0.39 is 0 Å². The lowest BCUT2D eigenvalue weighted by Crippen LogP contribution is -2.32. The molecule has 0 bridgehead atoms. The van der Waals surface area contributed by atoms with Crippen molar-refractivity contribution in [2.45, 2.75) is 13.0 Å². The quantitative estimate of drug-likeness (QED) is 0.424. The largest absolute Gasteiger partial charge is 0.495 e. The average Bonchev–Trinajstić information content (AvgIpc) is 3.22. The minimum Gasteiger partial charge on any atom is -0.495 e. The van der Waals surface area contributed by atoms with E-state index >= 15 is 0 Å². The molecular formula is C20H22N2O4. The number of aliphatic hydroxyl groups excluding tert-OH is 1. The molecule has 1 fully saturated rings. The maximum atomic E-state index is 12.6. The van der Waals surface area contributed by atoms with Crippen molar-refractivity contribution < 1.29 is 19.4 Å². The topological polar surface area (TPSA) is 83.6 Å². The first-order valence-corrected chi connectivity index (χ1v) is 8.50. The minimum atomic E-state index is -0.118. The van der Waals surface area contributed by atoms with Crippen molar-refractivity contribution in [3.05, 3.63) is 46.8 Å². The van der Waals surface area contributed by atoms with Gasteiger partial charge in [-0.15, -0.1) is 0 Å². The molecule has 2 aliphatic rings. The number of allylic oxidation sites excluding steroid dienone is 2. The molecule has 2 unspecified atom stereocenters. The summed E-state index contributed by atoms with van der Waals surface area (Å²) in [5, 5.41) is 11.8. The first-order valence-electron chi connectivity index (χ1n) is 8.50. The van der Waals surface area contributed by atoms with Gasteiger partial charge in [0.05, 0.1) is 32.1 Å². The Morgan fingerprint density at radius 1 is 1.42 bits per heavy atom. The van der Waals surface area contributed by atoms with E-state index in [9.17, 15) is 4.79 Å². The van der Waals surface area contributed by atoms with Gasteiger partial charge in [0.1, 0.15) is 12.4 Å². The fourth-order valence-corrected chi connectivity index (χ4v) is 3.11. The molecule has 1 aromatic rings. The van der Waals surface area contributed by atoms with Gasteiger partial charge in [-0.05, 0) is 24.1 Å². The lowest BCUT2D eigenvalue weighted by Gasteiger charge is -2.22. The van der Waals surface area contributed by atoms with Crippen LogP contribution in [-0.2, 0) is 9.53 Å². The molecule has 3 rings (SSSR count). The molecule has 0 radical (unpaired) electrons. The molecule has 6 nitrogen and oxygen atoms in total. The molecule has 2 atom stereocenters. The summed E-state index contributed by atoms with van der Waals surface area (Å²) < 4.78 is 10.5. The first-order chi connectivity index (χ1) is 12.7. The number of nitrogens with one attached hydrogen (secondary N) is 2. The summed E-state index contributed by atoms with van der Waals surface area (Å²) in [4.78, 5) is 15.7. The summed E-state index contributed by atoms with van der Waals surface area (Å²) in [5.41, 5.74) is 3.03. The van der Waals surface area contributed by atoms with Gasteiger partial charge in [-0.25, -0.2) is 0 Å². The number of fused-ring (bicyclic) bond motifs is 1. The summed E-state index contributed by atoms with van der Waals surface area (Å²) in [7, 11) is 1.59. The zero-order valence-corrected chi connectivity index (χ0v) is 14.8. The molecule has 1 amide bonds. The number of carbonyl (C=O) groups is 1. The SMILES string of the molecule is COc1cc[nH]c1/C=C1\C(=O)NC2C1=C(C#CCOCCO)C=CC2C. The summed E-state index contributed by atoms with van der Waals surface area (Å²) in [6.45, 7) is 2.52. The normalized spacial score (nSPS) is 22.9. The van der Waals surface area contributed by atoms with Crippen LogP contribution in [0.1, 0.15) is 12.6 Å². The molecule has 26 heavy (non-hydrogen) atoms. The number of aromatic amines is 1. The Hall–Kier alpha value is -2.75. The van der Waals surface area contributed by atoms with Crippen LogP contribution >= 0.6 is 0 Å². The van der Waals surface area contributed by atoms with E-state index in [1.807, 2.05) is 18.2 Å². The molecule has 2 heterocycles. The molecule has 3 N–H and O–H groups in total. The maximum Gasteiger partial charge on any atom is 0.252 e. The first kappa shape index (κ1) is 18.1. The fraction of sp³-hybridized carbons (Fsp3) is 0.350. The number of methoxy groups -OCH3 is 1. The molecule has 1 aromatic heterocycles. The molecule has 6 heteroatoms. The Morgan fingerprint density at radius 3 is 3.04 bits per heavy atom. The van der Waals surface area contributed by atoms with Gasteiger partial charge in [0.15, 0.2) is 0 Å². The minimum absolute atomic E-state index is 0.0294. The highest BCUT2D eigenvalue weighted by atomic mass is 16.5. The Kier molecular flexibility index (Phi) is 5.61. The van der Waals surface area contributed by atoms with Crippen molar-refractivity contribution in [3.8, 4) is 17.6 Å². The Balaban J connectivity index is 1.98. The molecule has 136 valence electrons. The summed E-state index contributed by atoms with van der Waals surface area (Å²) in [6.07, 6.45) is 7.58. The number of ether oxygens (including phenoxy) is 2. The second-order valence-corrected chi connectivity index (χ2v) is 6.09. The number of rotatable bonds is 5. The number of H-pyrrole nitrogens is 1. The molecule has 1 aliphatic carbocycles. The molecule has 0 saturated carbocycles. The van der Waals surface area contributed by atoms with E-state index in [0.717, 1.165) is 16.8 Å². The van der Waals surface area contributed by atoms with Crippen molar-refractivity contribution in [2.24, 2.45) is 5.92 Å². The van der Waals surface area contributed by atoms with E-state index in [2.05, 4.69) is 29.1 Å². The van der Waals surface area contributed by atoms with Gasteiger partial charge in [-0.2, -0.15) is 0 Å². The van der Waals surface area contributed by atoms with Gasteiger partial charge in [-0.3, -0.25) is 4.79 Å². The van der Waals surface area contributed by atoms with Crippen molar-refractivity contribution >= 4 is 12.0 Å². The molecule has 1 saturated heterocycles. The van der Waals surface area contributed by atoms with Crippen LogP contribution in [0.25, 0.3) is 6.08 Å². The average molecular weight is 354 g/mol. The second kappa shape index (κ2) is 8.09. The van der Waals surface area contributed by atoms with Crippen LogP contribution in [0, 0.1) is 17.8 Å². The van der Waals surface area contributed by atoms with Crippen LogP contribution < -0.4 is 10.1 Å². The summed E-state index contributed by atoms with van der Waals surface area (Å²) in [6, 6.07) is 1.72. The second-order valence-electron chi connectivity index (χ2n) is 6.09. The van der Waals surface area contributed by atoms with E-state index in [4.69, 9.17) is 14.6 Å². The van der Waals surface area contributed by atoms with Crippen molar-refractivity contribution in [1.29, 1.82) is 0 Å². The van der Waals surface area contributed by atoms with Crippen molar-refractivity contribution in [3.63, 3.8) is 0 Å². The van der Waals surface area contributed by atoms with Crippen LogP contribution in [0.3, 0.4) is 0 Å². The van der Waals surface area contributed by atoms with Crippen LogP contribution in [0.2, 0.25) is 0 Å². The third-order valence-corrected chi connectivity index (χ3v) is 4.40. The third kappa shape index (κ3) is 3.59. The van der Waals surface area contributed by atoms with Gasteiger partial charge < -0.3 is 24.9 Å². The van der Waals surface area contributed by atoms with Crippen molar-refractivity contribution in [1.82, 2.24) is 10.3 Å². The van der Waals surface area contributed by atoms with E-state index in [-0.39, 0.29) is 37.7 Å². The monoisotopic (exact) mass is 354 g/mol. The zero-order chi connectivity index (χ0) is 18.5. The zero-order valence-electron chi connectivity index (χ0n) is 14.8. The highest BCUT2D eigenvalue weighted by molar-refractivity contribution is 6.07. The van der Waals surface area contributed by atoms with E-state index in [1.54, 1.807) is 19.4 Å². The highest BCUT2D eigenvalue weighted by Crippen LogP contribution is 2.36. The molecule has 1 aliphatic heterocycles. The molecule has 0 spiro atoms. The third-order valence-electron chi connectivity index (χ3n) is 4.40. The maximum absolute atomic E-state index is 12.6. The van der Waals surface area contributed by atoms with Gasteiger partial charge in [0.25, 0.3) is 5.91 Å². The van der Waals surface area contributed by atoms with Crippen molar-refractivity contribution in [2.75, 3.05) is 26.9 Å². The Morgan fingerprint density at radius 2 is 2.27 bits per heavy atom. The fourth-order valence-electron chi connectivity index (χ4n) is 3.11. The smallest absolute Gasteiger partial charge is 0.252 e. The van der Waals surface area contributed by atoms with Crippen LogP contribution in [-0.4, -0.2) is 49.0 Å². The van der Waals surface area contributed by atoms with Crippen LogP contribution in [0.15, 0.2) is 41.1 Å². The lowest BCUT2D eigenvalue weighted by atomic mass is 9.84. The summed E-state index contributed by atoms with van der Waals surface area (Å²) >= 11 is 0. The Labute approximate surface area is 152 Å². The predicted octanol–water partition coefficient (Wildman–Crippen LogP) is 1.42. The van der Waals surface area contributed by atoms with Gasteiger partial charge in [0, 0.05) is 22.9 Å².